The van der Waals surface area contributed by atoms with Crippen molar-refractivity contribution in [3.05, 3.63) is 0 Å². The summed E-state index contributed by atoms with van der Waals surface area (Å²) >= 11 is 1.84. The van der Waals surface area contributed by atoms with Crippen molar-refractivity contribution in [1.29, 1.82) is 0 Å². The quantitative estimate of drug-likeness (QED) is 0.774. The number of rotatable bonds is 5. The minimum atomic E-state index is -2.97. The molecule has 1 aliphatic carbocycles. The molecule has 2 rings (SSSR count). The molecule has 0 aromatic heterocycles. The van der Waals surface area contributed by atoms with E-state index in [1.54, 1.807) is 0 Å². The lowest BCUT2D eigenvalue weighted by Gasteiger charge is -2.28. The number of nitrogens with one attached hydrogen (secondary N) is 2. The Balaban J connectivity index is 1.78. The molecule has 116 valence electrons. The minimum Gasteiger partial charge on any atom is -0.355 e. The van der Waals surface area contributed by atoms with Crippen LogP contribution in [-0.4, -0.2) is 56.0 Å². The van der Waals surface area contributed by atoms with E-state index in [1.165, 1.54) is 12.8 Å². The van der Waals surface area contributed by atoms with Crippen LogP contribution in [0.4, 0.5) is 0 Å². The molecule has 2 fully saturated rings. The zero-order valence-corrected chi connectivity index (χ0v) is 13.6. The van der Waals surface area contributed by atoms with Gasteiger partial charge in [-0.1, -0.05) is 12.8 Å². The molecule has 0 bridgehead atoms. The van der Waals surface area contributed by atoms with Crippen LogP contribution >= 0.6 is 11.8 Å². The lowest BCUT2D eigenvalue weighted by Crippen LogP contribution is -2.48. The smallest absolute Gasteiger partial charge is 0.221 e. The van der Waals surface area contributed by atoms with Crippen LogP contribution in [0.1, 0.15) is 32.1 Å². The average Bonchev–Trinajstić information content (AvgIpc) is 2.85. The Morgan fingerprint density at radius 1 is 1.40 bits per heavy atom. The molecule has 1 saturated heterocycles. The second-order valence-corrected chi connectivity index (χ2v) is 9.34. The summed E-state index contributed by atoms with van der Waals surface area (Å²) in [7, 11) is -2.97. The Morgan fingerprint density at radius 2 is 2.10 bits per heavy atom. The van der Waals surface area contributed by atoms with E-state index in [-0.39, 0.29) is 34.6 Å². The van der Waals surface area contributed by atoms with Gasteiger partial charge >= 0.3 is 0 Å². The zero-order valence-electron chi connectivity index (χ0n) is 12.0. The molecule has 1 saturated carbocycles. The molecule has 0 aromatic carbocycles. The topological polar surface area (TPSA) is 75.3 Å². The molecule has 2 N–H and O–H groups in total. The highest BCUT2D eigenvalue weighted by Crippen LogP contribution is 2.39. The molecule has 7 heteroatoms. The normalized spacial score (nSPS) is 28.1. The number of carbonyl (C=O) groups excluding carboxylic acids is 1. The van der Waals surface area contributed by atoms with Crippen LogP contribution in [0.15, 0.2) is 0 Å². The van der Waals surface area contributed by atoms with Gasteiger partial charge < -0.3 is 10.6 Å². The minimum absolute atomic E-state index is 0.0417. The lowest BCUT2D eigenvalue weighted by molar-refractivity contribution is -0.121. The number of carbonyl (C=O) groups is 1. The Bertz CT molecular complexity index is 445. The highest BCUT2D eigenvalue weighted by Gasteiger charge is 2.33. The van der Waals surface area contributed by atoms with Gasteiger partial charge in [0.05, 0.1) is 11.5 Å². The SMILES string of the molecule is CSC1(CNC(=O)CC2CS(=O)(=O)CCN2)CCCC1. The predicted octanol–water partition coefficient (Wildman–Crippen LogP) is 0.555. The Kier molecular flexibility index (Phi) is 5.36. The molecule has 0 radical (unpaired) electrons. The van der Waals surface area contributed by atoms with Gasteiger partial charge in [0, 0.05) is 30.3 Å². The van der Waals surface area contributed by atoms with Crippen LogP contribution in [0.25, 0.3) is 0 Å². The Labute approximate surface area is 125 Å². The summed E-state index contributed by atoms with van der Waals surface area (Å²) in [6.45, 7) is 1.15. The molecule has 20 heavy (non-hydrogen) atoms. The maximum Gasteiger partial charge on any atom is 0.221 e. The summed E-state index contributed by atoms with van der Waals surface area (Å²) in [4.78, 5) is 12.0. The summed E-state index contributed by atoms with van der Waals surface area (Å²) in [5.41, 5.74) is 0. The fourth-order valence-electron chi connectivity index (χ4n) is 3.03. The third-order valence-corrected chi connectivity index (χ3v) is 7.44. The van der Waals surface area contributed by atoms with Crippen LogP contribution in [0, 0.1) is 0 Å². The van der Waals surface area contributed by atoms with Crippen molar-refractivity contribution in [2.24, 2.45) is 0 Å². The van der Waals surface area contributed by atoms with Crippen molar-refractivity contribution in [1.82, 2.24) is 10.6 Å². The van der Waals surface area contributed by atoms with E-state index in [0.29, 0.717) is 13.1 Å². The second-order valence-electron chi connectivity index (χ2n) is 5.84. The molecule has 1 aliphatic heterocycles. The molecule has 0 aromatic rings. The first-order valence-electron chi connectivity index (χ1n) is 7.20. The first-order valence-corrected chi connectivity index (χ1v) is 10.2. The van der Waals surface area contributed by atoms with Crippen molar-refractivity contribution < 1.29 is 13.2 Å². The van der Waals surface area contributed by atoms with Crippen LogP contribution < -0.4 is 10.6 Å². The van der Waals surface area contributed by atoms with Gasteiger partial charge in [-0.05, 0) is 19.1 Å². The van der Waals surface area contributed by atoms with Gasteiger partial charge in [-0.3, -0.25) is 4.79 Å². The molecular weight excluding hydrogens is 296 g/mol. The van der Waals surface area contributed by atoms with Crippen LogP contribution in [0.2, 0.25) is 0 Å². The maximum atomic E-state index is 12.0. The van der Waals surface area contributed by atoms with Crippen LogP contribution in [0.3, 0.4) is 0 Å². The van der Waals surface area contributed by atoms with Crippen molar-refractivity contribution in [3.8, 4) is 0 Å². The fraction of sp³-hybridized carbons (Fsp3) is 0.923. The zero-order chi connectivity index (χ0) is 14.6. The van der Waals surface area contributed by atoms with Gasteiger partial charge in [0.1, 0.15) is 0 Å². The van der Waals surface area contributed by atoms with Gasteiger partial charge in [-0.2, -0.15) is 11.8 Å². The summed E-state index contributed by atoms with van der Waals surface area (Å²) in [5.74, 6) is 0.217. The summed E-state index contributed by atoms with van der Waals surface area (Å²) < 4.78 is 23.3. The largest absolute Gasteiger partial charge is 0.355 e. The standard InChI is InChI=1S/C13H24N2O3S2/c1-19-13(4-2-3-5-13)10-15-12(16)8-11-9-20(17,18)7-6-14-11/h11,14H,2-10H2,1H3,(H,15,16). The second kappa shape index (κ2) is 6.66. The highest BCUT2D eigenvalue weighted by molar-refractivity contribution is 8.00. The van der Waals surface area contributed by atoms with Gasteiger partial charge in [0.15, 0.2) is 9.84 Å². The molecule has 1 unspecified atom stereocenters. The third-order valence-electron chi connectivity index (χ3n) is 4.29. The molecule has 2 aliphatic rings. The molecule has 1 amide bonds. The first-order chi connectivity index (χ1) is 9.45. The van der Waals surface area contributed by atoms with Gasteiger partial charge in [0.25, 0.3) is 0 Å². The maximum absolute atomic E-state index is 12.0. The van der Waals surface area contributed by atoms with Crippen LogP contribution in [-0.2, 0) is 14.6 Å². The van der Waals surface area contributed by atoms with Gasteiger partial charge in [-0.15, -0.1) is 0 Å². The van der Waals surface area contributed by atoms with E-state index in [2.05, 4.69) is 16.9 Å². The van der Waals surface area contributed by atoms with E-state index >= 15 is 0 Å². The Hall–Kier alpha value is -0.270. The van der Waals surface area contributed by atoms with Crippen molar-refractivity contribution in [2.45, 2.75) is 42.9 Å². The number of hydrogen-bond donors (Lipinski definition) is 2. The first kappa shape index (κ1) is 16.1. The monoisotopic (exact) mass is 320 g/mol. The molecule has 5 nitrogen and oxygen atoms in total. The van der Waals surface area contributed by atoms with Gasteiger partial charge in [-0.25, -0.2) is 8.42 Å². The van der Waals surface area contributed by atoms with Crippen molar-refractivity contribution in [2.75, 3.05) is 30.9 Å². The van der Waals surface area contributed by atoms with Crippen molar-refractivity contribution >= 4 is 27.5 Å². The highest BCUT2D eigenvalue weighted by atomic mass is 32.2. The number of amides is 1. The Morgan fingerprint density at radius 3 is 2.70 bits per heavy atom. The summed E-state index contributed by atoms with van der Waals surface area (Å²) in [6.07, 6.45) is 7.14. The molecular formula is C13H24N2O3S2. The average molecular weight is 320 g/mol. The van der Waals surface area contributed by atoms with Crippen molar-refractivity contribution in [3.63, 3.8) is 0 Å². The van der Waals surface area contributed by atoms with E-state index in [4.69, 9.17) is 0 Å². The van der Waals surface area contributed by atoms with E-state index in [9.17, 15) is 13.2 Å². The van der Waals surface area contributed by atoms with E-state index in [0.717, 1.165) is 12.8 Å². The van der Waals surface area contributed by atoms with Gasteiger partial charge in [0.2, 0.25) is 5.91 Å². The molecule has 1 atom stereocenters. The lowest BCUT2D eigenvalue weighted by atomic mass is 10.1. The molecule has 0 spiro atoms. The number of sulfone groups is 1. The number of hydrogen-bond acceptors (Lipinski definition) is 5. The summed E-state index contributed by atoms with van der Waals surface area (Å²) in [6, 6.07) is -0.234. The fourth-order valence-corrected chi connectivity index (χ4v) is 5.38. The van der Waals surface area contributed by atoms with E-state index in [1.807, 2.05) is 11.8 Å². The van der Waals surface area contributed by atoms with Crippen LogP contribution in [0.5, 0.6) is 0 Å². The summed E-state index contributed by atoms with van der Waals surface area (Å²) in [5, 5.41) is 6.11. The molecule has 1 heterocycles. The third kappa shape index (κ3) is 4.36. The van der Waals surface area contributed by atoms with E-state index < -0.39 is 9.84 Å². The predicted molar refractivity (Wildman–Crippen MR) is 82.8 cm³/mol. The number of thioether (sulfide) groups is 1.